The van der Waals surface area contributed by atoms with Gasteiger partial charge in [0.15, 0.2) is 9.84 Å². The molecule has 0 unspecified atom stereocenters. The molecule has 5 heteroatoms. The first-order valence-electron chi connectivity index (χ1n) is 5.00. The summed E-state index contributed by atoms with van der Waals surface area (Å²) in [6.45, 7) is 0. The van der Waals surface area contributed by atoms with Gasteiger partial charge in [-0.05, 0) is 23.8 Å². The van der Waals surface area contributed by atoms with Crippen LogP contribution < -0.4 is 5.59 Å². The lowest BCUT2D eigenvalue weighted by Crippen LogP contribution is -2.07. The van der Waals surface area contributed by atoms with Crippen LogP contribution in [-0.2, 0) is 9.84 Å². The average molecular weight is 243 g/mol. The van der Waals surface area contributed by atoms with Crippen LogP contribution in [0.15, 0.2) is 47.4 Å². The van der Waals surface area contributed by atoms with E-state index in [2.05, 4.69) is 4.98 Å². The number of benzene rings is 1. The van der Waals surface area contributed by atoms with E-state index in [1.54, 1.807) is 30.3 Å². The summed E-state index contributed by atoms with van der Waals surface area (Å²) in [7, 11) is 2.43. The fourth-order valence-electron chi connectivity index (χ4n) is 1.49. The molecule has 1 aromatic carbocycles. The van der Waals surface area contributed by atoms with Gasteiger partial charge in [0.2, 0.25) is 0 Å². The third-order valence-corrected chi connectivity index (χ3v) is 3.48. The maximum absolute atomic E-state index is 11.3. The number of sulfone groups is 1. The van der Waals surface area contributed by atoms with Crippen LogP contribution in [0.3, 0.4) is 0 Å². The number of aromatic nitrogens is 1. The van der Waals surface area contributed by atoms with Gasteiger partial charge in [-0.1, -0.05) is 24.3 Å². The van der Waals surface area contributed by atoms with Crippen LogP contribution in [-0.4, -0.2) is 27.5 Å². The minimum atomic E-state index is -3.16. The van der Waals surface area contributed by atoms with Gasteiger partial charge in [-0.15, -0.1) is 0 Å². The summed E-state index contributed by atoms with van der Waals surface area (Å²) in [6, 6.07) is 11.9. The Labute approximate surface area is 102 Å². The van der Waals surface area contributed by atoms with Crippen molar-refractivity contribution in [3.05, 3.63) is 42.5 Å². The van der Waals surface area contributed by atoms with Gasteiger partial charge in [0.25, 0.3) is 0 Å². The third kappa shape index (κ3) is 2.74. The predicted molar refractivity (Wildman–Crippen MR) is 68.2 cm³/mol. The van der Waals surface area contributed by atoms with Crippen LogP contribution >= 0.6 is 0 Å². The molecule has 0 saturated carbocycles. The summed E-state index contributed by atoms with van der Waals surface area (Å²) in [6.07, 6.45) is 1.18. The molecule has 0 bridgehead atoms. The Morgan fingerprint density at radius 2 is 1.71 bits per heavy atom. The van der Waals surface area contributed by atoms with Gasteiger partial charge >= 0.3 is 0 Å². The summed E-state index contributed by atoms with van der Waals surface area (Å²) < 4.78 is 22.6. The normalized spacial score (nSPS) is 11.4. The van der Waals surface area contributed by atoms with E-state index in [0.717, 1.165) is 11.3 Å². The quantitative estimate of drug-likeness (QED) is 0.737. The van der Waals surface area contributed by atoms with E-state index in [-0.39, 0.29) is 0 Å². The van der Waals surface area contributed by atoms with Crippen LogP contribution in [0.4, 0.5) is 0 Å². The summed E-state index contributed by atoms with van der Waals surface area (Å²) in [4.78, 5) is 4.46. The summed E-state index contributed by atoms with van der Waals surface area (Å²) in [5.74, 6) is 0. The van der Waals surface area contributed by atoms with Crippen LogP contribution in [0.1, 0.15) is 0 Å². The van der Waals surface area contributed by atoms with Gasteiger partial charge in [-0.3, -0.25) is 4.98 Å². The molecule has 0 fully saturated rings. The second-order valence-corrected chi connectivity index (χ2v) is 5.76. The van der Waals surface area contributed by atoms with Crippen LogP contribution in [0.5, 0.6) is 0 Å². The molecule has 2 radical (unpaired) electrons. The first-order chi connectivity index (χ1) is 7.97. The molecule has 2 aromatic rings. The first kappa shape index (κ1) is 11.9. The molecule has 0 amide bonds. The SMILES string of the molecule is [B]c1cccc(-c2ccc(S(C)(=O)=O)cc2)n1. The van der Waals surface area contributed by atoms with E-state index in [1.807, 2.05) is 12.1 Å². The lowest BCUT2D eigenvalue weighted by molar-refractivity contribution is 0.602. The zero-order valence-corrected chi connectivity index (χ0v) is 10.1. The predicted octanol–water partition coefficient (Wildman–Crippen LogP) is 0.946. The van der Waals surface area contributed by atoms with E-state index in [0.29, 0.717) is 10.5 Å². The van der Waals surface area contributed by atoms with Gasteiger partial charge < -0.3 is 0 Å². The zero-order chi connectivity index (χ0) is 12.5. The van der Waals surface area contributed by atoms with Crippen molar-refractivity contribution < 1.29 is 8.42 Å². The Morgan fingerprint density at radius 1 is 1.06 bits per heavy atom. The molecule has 0 aliphatic rings. The maximum atomic E-state index is 11.3. The molecule has 0 aliphatic carbocycles. The summed E-state index contributed by atoms with van der Waals surface area (Å²) in [5.41, 5.74) is 2.00. The number of pyridine rings is 1. The van der Waals surface area contributed by atoms with Crippen molar-refractivity contribution in [3.63, 3.8) is 0 Å². The number of rotatable bonds is 2. The van der Waals surface area contributed by atoms with Crippen molar-refractivity contribution in [2.24, 2.45) is 0 Å². The fraction of sp³-hybridized carbons (Fsp3) is 0.0833. The van der Waals surface area contributed by atoms with Crippen molar-refractivity contribution in [1.29, 1.82) is 0 Å². The average Bonchev–Trinajstić information content (AvgIpc) is 2.28. The highest BCUT2D eigenvalue weighted by atomic mass is 32.2. The minimum Gasteiger partial charge on any atom is -0.264 e. The summed E-state index contributed by atoms with van der Waals surface area (Å²) in [5, 5.41) is 0. The fourth-order valence-corrected chi connectivity index (χ4v) is 2.12. The Morgan fingerprint density at radius 3 is 2.24 bits per heavy atom. The van der Waals surface area contributed by atoms with Crippen molar-refractivity contribution >= 4 is 23.3 Å². The van der Waals surface area contributed by atoms with Crippen molar-refractivity contribution in [2.75, 3.05) is 6.26 Å². The van der Waals surface area contributed by atoms with E-state index < -0.39 is 9.84 Å². The molecule has 0 aliphatic heterocycles. The molecule has 1 aromatic heterocycles. The van der Waals surface area contributed by atoms with Crippen LogP contribution in [0.2, 0.25) is 0 Å². The van der Waals surface area contributed by atoms with Gasteiger partial charge in [0.05, 0.1) is 10.6 Å². The minimum absolute atomic E-state index is 0.296. The Hall–Kier alpha value is -1.62. The van der Waals surface area contributed by atoms with E-state index in [9.17, 15) is 8.42 Å². The number of hydrogen-bond donors (Lipinski definition) is 0. The maximum Gasteiger partial charge on any atom is 0.175 e. The Bertz CT molecular complexity index is 636. The molecule has 0 atom stereocenters. The standard InChI is InChI=1S/C12H10BNO2S/c1-17(15,16)10-7-5-9(6-8-10)11-3-2-4-12(13)14-11/h2-8H,1H3. The molecular weight excluding hydrogens is 233 g/mol. The largest absolute Gasteiger partial charge is 0.264 e. The molecule has 84 valence electrons. The van der Waals surface area contributed by atoms with E-state index in [4.69, 9.17) is 7.85 Å². The molecule has 0 saturated heterocycles. The number of nitrogens with zero attached hydrogens (tertiary/aromatic N) is 1. The molecule has 17 heavy (non-hydrogen) atoms. The Kier molecular flexibility index (Phi) is 3.02. The first-order valence-corrected chi connectivity index (χ1v) is 6.89. The smallest absolute Gasteiger partial charge is 0.175 e. The molecule has 3 nitrogen and oxygen atoms in total. The van der Waals surface area contributed by atoms with E-state index >= 15 is 0 Å². The molecule has 0 spiro atoms. The topological polar surface area (TPSA) is 47.0 Å². The van der Waals surface area contributed by atoms with E-state index in [1.165, 1.54) is 6.26 Å². The van der Waals surface area contributed by atoms with Crippen LogP contribution in [0.25, 0.3) is 11.3 Å². The lowest BCUT2D eigenvalue weighted by atomic mass is 10.0. The monoisotopic (exact) mass is 243 g/mol. The Balaban J connectivity index is 2.43. The number of hydrogen-bond acceptors (Lipinski definition) is 3. The van der Waals surface area contributed by atoms with Crippen LogP contribution in [0, 0.1) is 0 Å². The molecule has 0 N–H and O–H groups in total. The van der Waals surface area contributed by atoms with Gasteiger partial charge in [-0.2, -0.15) is 0 Å². The molecular formula is C12H10BNO2S. The van der Waals surface area contributed by atoms with Crippen molar-refractivity contribution in [3.8, 4) is 11.3 Å². The van der Waals surface area contributed by atoms with Gasteiger partial charge in [0.1, 0.15) is 7.85 Å². The van der Waals surface area contributed by atoms with Crippen molar-refractivity contribution in [2.45, 2.75) is 4.90 Å². The second kappa shape index (κ2) is 4.33. The highest BCUT2D eigenvalue weighted by molar-refractivity contribution is 7.90. The lowest BCUT2D eigenvalue weighted by Gasteiger charge is -2.03. The third-order valence-electron chi connectivity index (χ3n) is 2.35. The van der Waals surface area contributed by atoms with Gasteiger partial charge in [-0.25, -0.2) is 8.42 Å². The van der Waals surface area contributed by atoms with Gasteiger partial charge in [0, 0.05) is 11.8 Å². The highest BCUT2D eigenvalue weighted by Crippen LogP contribution is 2.18. The summed E-state index contributed by atoms with van der Waals surface area (Å²) >= 11 is 0. The highest BCUT2D eigenvalue weighted by Gasteiger charge is 2.07. The zero-order valence-electron chi connectivity index (χ0n) is 9.29. The second-order valence-electron chi connectivity index (χ2n) is 3.74. The molecule has 2 rings (SSSR count). The van der Waals surface area contributed by atoms with Crippen molar-refractivity contribution in [1.82, 2.24) is 4.98 Å². The molecule has 1 heterocycles.